The second-order valence-electron chi connectivity index (χ2n) is 4.97. The molecule has 0 aliphatic heterocycles. The summed E-state index contributed by atoms with van der Waals surface area (Å²) in [5.41, 5.74) is 2.06. The summed E-state index contributed by atoms with van der Waals surface area (Å²) in [6, 6.07) is 14.0. The van der Waals surface area contributed by atoms with Crippen molar-refractivity contribution in [3.8, 4) is 0 Å². The van der Waals surface area contributed by atoms with Gasteiger partial charge < -0.3 is 35.9 Å². The molecule has 0 aromatic heterocycles. The van der Waals surface area contributed by atoms with Gasteiger partial charge in [-0.25, -0.2) is 0 Å². The predicted molar refractivity (Wildman–Crippen MR) is 111 cm³/mol. The summed E-state index contributed by atoms with van der Waals surface area (Å²) >= 11 is 10.1. The average molecular weight is 434 g/mol. The predicted octanol–water partition coefficient (Wildman–Crippen LogP) is 2.16. The van der Waals surface area contributed by atoms with Crippen molar-refractivity contribution in [2.45, 2.75) is 6.92 Å². The number of hydrogen-bond donors (Lipinski definition) is 2. The number of hydrogen-bond acceptors (Lipinski definition) is 6. The van der Waals surface area contributed by atoms with Gasteiger partial charge >= 0.3 is 17.1 Å². The van der Waals surface area contributed by atoms with E-state index in [0.717, 1.165) is 16.3 Å². The van der Waals surface area contributed by atoms with Crippen molar-refractivity contribution in [2.75, 3.05) is 14.1 Å². The molecule has 0 atom stereocenters. The number of benzene rings is 2. The van der Waals surface area contributed by atoms with Crippen LogP contribution in [0.4, 0.5) is 0 Å². The first-order chi connectivity index (χ1) is 12.1. The largest absolute Gasteiger partial charge is 2.00 e. The molecule has 0 aliphatic rings. The van der Waals surface area contributed by atoms with E-state index < -0.39 is 0 Å². The van der Waals surface area contributed by atoms with Crippen molar-refractivity contribution in [1.29, 1.82) is 0 Å². The zero-order valence-corrected chi connectivity index (χ0v) is 17.0. The van der Waals surface area contributed by atoms with Gasteiger partial charge in [-0.15, -0.1) is 5.10 Å². The van der Waals surface area contributed by atoms with Crippen LogP contribution in [0.25, 0.3) is 10.8 Å². The van der Waals surface area contributed by atoms with E-state index in [9.17, 15) is 0 Å². The molecule has 2 N–H and O–H groups in total. The molecule has 2 aromatic rings. The van der Waals surface area contributed by atoms with E-state index in [0.29, 0.717) is 16.6 Å². The molecule has 0 spiro atoms. The van der Waals surface area contributed by atoms with E-state index in [2.05, 4.69) is 31.0 Å². The number of fused-ring (bicyclic) bond motifs is 1. The third-order valence-corrected chi connectivity index (χ3v) is 3.92. The Labute approximate surface area is 174 Å². The summed E-state index contributed by atoms with van der Waals surface area (Å²) in [6.07, 6.45) is 0. The second-order valence-corrected chi connectivity index (χ2v) is 5.74. The van der Waals surface area contributed by atoms with Crippen LogP contribution in [-0.2, 0) is 42.3 Å². The number of nitrogens with one attached hydrogen (secondary N) is 2. The molecule has 0 bridgehead atoms. The maximum absolute atomic E-state index is 5.05. The van der Waals surface area contributed by atoms with Crippen LogP contribution in [0.2, 0.25) is 0 Å². The minimum absolute atomic E-state index is 0. The summed E-state index contributed by atoms with van der Waals surface area (Å²) in [5.74, 6) is 0. The first-order valence-electron chi connectivity index (χ1n) is 7.52. The molecule has 0 saturated heterocycles. The number of nitrogens with zero attached hydrogens (tertiary/aromatic N) is 4. The van der Waals surface area contributed by atoms with Gasteiger partial charge in [-0.05, 0) is 28.0 Å². The minimum atomic E-state index is 0. The molecular formula is C17H18CuN6S2. The van der Waals surface area contributed by atoms with Gasteiger partial charge in [-0.3, -0.25) is 0 Å². The van der Waals surface area contributed by atoms with Crippen molar-refractivity contribution >= 4 is 57.8 Å². The quantitative estimate of drug-likeness (QED) is 0.255. The Morgan fingerprint density at radius 1 is 0.808 bits per heavy atom. The fourth-order valence-electron chi connectivity index (χ4n) is 2.12. The monoisotopic (exact) mass is 433 g/mol. The summed E-state index contributed by atoms with van der Waals surface area (Å²) < 4.78 is 0. The molecule has 0 aliphatic carbocycles. The summed E-state index contributed by atoms with van der Waals surface area (Å²) in [5, 5.41) is 24.7. The average Bonchev–Trinajstić information content (AvgIpc) is 2.65. The summed E-state index contributed by atoms with van der Waals surface area (Å²) in [6.45, 7) is 1.81. The van der Waals surface area contributed by atoms with E-state index in [4.69, 9.17) is 25.3 Å². The normalized spacial score (nSPS) is 13.3. The molecular weight excluding hydrogens is 416 g/mol. The molecule has 0 unspecified atom stereocenters. The Balaban J connectivity index is 0.00000338. The van der Waals surface area contributed by atoms with Gasteiger partial charge in [0.1, 0.15) is 5.71 Å². The van der Waals surface area contributed by atoms with Gasteiger partial charge in [0, 0.05) is 19.7 Å². The molecule has 6 nitrogen and oxygen atoms in total. The van der Waals surface area contributed by atoms with Crippen molar-refractivity contribution in [3.63, 3.8) is 0 Å². The molecule has 9 heteroatoms. The van der Waals surface area contributed by atoms with E-state index in [1.807, 2.05) is 42.5 Å². The van der Waals surface area contributed by atoms with Crippen LogP contribution in [0.5, 0.6) is 0 Å². The minimum Gasteiger partial charge on any atom is -0.741 e. The molecule has 0 amide bonds. The van der Waals surface area contributed by atoms with Crippen molar-refractivity contribution in [1.82, 2.24) is 10.6 Å². The van der Waals surface area contributed by atoms with Crippen molar-refractivity contribution < 1.29 is 17.1 Å². The molecule has 2 aromatic carbocycles. The zero-order chi connectivity index (χ0) is 18.2. The van der Waals surface area contributed by atoms with E-state index in [1.54, 1.807) is 21.0 Å². The van der Waals surface area contributed by atoms with E-state index in [1.165, 1.54) is 0 Å². The van der Waals surface area contributed by atoms with E-state index >= 15 is 0 Å². The fourth-order valence-corrected chi connectivity index (χ4v) is 2.20. The third-order valence-electron chi connectivity index (χ3n) is 3.35. The SMILES string of the molecule is CNC([S-])=NN=C(C)C(=NN=C([S-])NC)c1cccc2ccccc12.[Cu+2]. The molecule has 2 rings (SSSR count). The second kappa shape index (κ2) is 10.8. The van der Waals surface area contributed by atoms with Gasteiger partial charge in [-0.1, -0.05) is 42.5 Å². The number of amidine groups is 2. The Hall–Kier alpha value is -2.06. The van der Waals surface area contributed by atoms with Crippen LogP contribution in [0.3, 0.4) is 0 Å². The standard InChI is InChI=1S/C17H20N6S2.Cu/c1-11(20-22-16(24)18-2)15(21-23-17(25)19-3)14-10-6-8-12-7-4-5-9-13(12)14;/h4-10H,1-3H3,(H2,18,22,24)(H2,19,23,25);/q;+2/p-2. The van der Waals surface area contributed by atoms with Crippen LogP contribution in [0.1, 0.15) is 12.5 Å². The van der Waals surface area contributed by atoms with Crippen LogP contribution >= 0.6 is 0 Å². The Kier molecular flexibility index (Phi) is 9.15. The number of rotatable bonds is 4. The molecule has 0 heterocycles. The molecule has 26 heavy (non-hydrogen) atoms. The third kappa shape index (κ3) is 5.74. The van der Waals surface area contributed by atoms with Gasteiger partial charge in [0.25, 0.3) is 0 Å². The first-order valence-corrected chi connectivity index (χ1v) is 8.34. The fraction of sp³-hybridized carbons (Fsp3) is 0.176. The van der Waals surface area contributed by atoms with Gasteiger partial charge in [0.2, 0.25) is 0 Å². The summed E-state index contributed by atoms with van der Waals surface area (Å²) in [4.78, 5) is 0. The Bertz CT molecular complexity index is 871. The van der Waals surface area contributed by atoms with Crippen LogP contribution in [0.15, 0.2) is 62.9 Å². The molecule has 139 valence electrons. The van der Waals surface area contributed by atoms with Gasteiger partial charge in [0.05, 0.1) is 5.71 Å². The van der Waals surface area contributed by atoms with Crippen molar-refractivity contribution in [3.05, 3.63) is 48.0 Å². The molecule has 0 fully saturated rings. The van der Waals surface area contributed by atoms with Crippen LogP contribution in [-0.4, -0.2) is 35.9 Å². The van der Waals surface area contributed by atoms with Gasteiger partial charge in [-0.2, -0.15) is 15.3 Å². The van der Waals surface area contributed by atoms with Crippen molar-refractivity contribution in [2.24, 2.45) is 20.4 Å². The smallest absolute Gasteiger partial charge is 0.741 e. The van der Waals surface area contributed by atoms with Crippen LogP contribution in [0, 0.1) is 0 Å². The van der Waals surface area contributed by atoms with Crippen LogP contribution < -0.4 is 10.6 Å². The Morgan fingerprint density at radius 3 is 2.04 bits per heavy atom. The Morgan fingerprint density at radius 2 is 1.38 bits per heavy atom. The molecule has 1 radical (unpaired) electrons. The van der Waals surface area contributed by atoms with Gasteiger partial charge in [0.15, 0.2) is 0 Å². The maximum atomic E-state index is 5.05. The molecule has 0 saturated carbocycles. The first kappa shape index (κ1) is 22.0. The zero-order valence-electron chi connectivity index (χ0n) is 14.4. The topological polar surface area (TPSA) is 73.5 Å². The van der Waals surface area contributed by atoms with E-state index in [-0.39, 0.29) is 22.2 Å². The summed E-state index contributed by atoms with van der Waals surface area (Å²) in [7, 11) is 3.39. The maximum Gasteiger partial charge on any atom is 2.00 e.